The highest BCUT2D eigenvalue weighted by Crippen LogP contribution is 2.40. The second kappa shape index (κ2) is 6.69. The molecule has 2 aliphatic heterocycles. The third-order valence-electron chi connectivity index (χ3n) is 4.84. The molecule has 0 aliphatic carbocycles. The van der Waals surface area contributed by atoms with E-state index in [9.17, 15) is 9.59 Å². The summed E-state index contributed by atoms with van der Waals surface area (Å²) in [6.45, 7) is 0.790. The normalized spacial score (nSPS) is 23.3. The summed E-state index contributed by atoms with van der Waals surface area (Å²) in [5.74, 6) is -0.602. The van der Waals surface area contributed by atoms with Gasteiger partial charge >= 0.3 is 0 Å². The number of benzene rings is 2. The van der Waals surface area contributed by atoms with Gasteiger partial charge in [0.05, 0.1) is 24.3 Å². The van der Waals surface area contributed by atoms with Crippen molar-refractivity contribution in [3.8, 4) is 0 Å². The van der Waals surface area contributed by atoms with Gasteiger partial charge in [0, 0.05) is 13.0 Å². The van der Waals surface area contributed by atoms with E-state index in [4.69, 9.17) is 4.84 Å². The van der Waals surface area contributed by atoms with E-state index >= 15 is 0 Å². The van der Waals surface area contributed by atoms with E-state index in [2.05, 4.69) is 0 Å². The first-order valence-electron chi connectivity index (χ1n) is 8.62. The molecular weight excluding hydrogens is 316 g/mol. The molecule has 2 heterocycles. The summed E-state index contributed by atoms with van der Waals surface area (Å²) < 4.78 is 0. The molecule has 2 aromatic rings. The van der Waals surface area contributed by atoms with Crippen molar-refractivity contribution >= 4 is 17.5 Å². The standard InChI is InChI=1S/C20H20N2O3/c23-18-12-7-13-21(18)20(24)17-14-25-22(16-10-5-2-6-11-16)19(17)15-8-3-1-4-9-15/h1-6,8-11,17,19H,7,12-14H2/t17-,19+/m1/s1. The van der Waals surface area contributed by atoms with Crippen LogP contribution in [0.2, 0.25) is 0 Å². The molecule has 2 saturated heterocycles. The summed E-state index contributed by atoms with van der Waals surface area (Å²) in [5, 5.41) is 1.80. The lowest BCUT2D eigenvalue weighted by atomic mass is 9.92. The summed E-state index contributed by atoms with van der Waals surface area (Å²) >= 11 is 0. The monoisotopic (exact) mass is 336 g/mol. The minimum atomic E-state index is -0.398. The maximum atomic E-state index is 13.0. The second-order valence-electron chi connectivity index (χ2n) is 6.41. The molecule has 0 radical (unpaired) electrons. The number of anilines is 1. The molecule has 2 atom stereocenters. The SMILES string of the molecule is O=C1CCCN1C(=O)[C@@H]1CON(c2ccccc2)[C@H]1c1ccccc1. The van der Waals surface area contributed by atoms with E-state index < -0.39 is 5.92 Å². The molecule has 4 rings (SSSR count). The third-order valence-corrected chi connectivity index (χ3v) is 4.84. The smallest absolute Gasteiger partial charge is 0.237 e. The number of nitrogens with zero attached hydrogens (tertiary/aromatic N) is 2. The van der Waals surface area contributed by atoms with E-state index in [1.54, 1.807) is 5.06 Å². The van der Waals surface area contributed by atoms with Crippen molar-refractivity contribution in [1.29, 1.82) is 0 Å². The maximum Gasteiger partial charge on any atom is 0.237 e. The molecule has 0 N–H and O–H groups in total. The van der Waals surface area contributed by atoms with Gasteiger partial charge < -0.3 is 0 Å². The van der Waals surface area contributed by atoms with Crippen LogP contribution in [0.25, 0.3) is 0 Å². The van der Waals surface area contributed by atoms with Gasteiger partial charge in [0.2, 0.25) is 11.8 Å². The fourth-order valence-electron chi connectivity index (χ4n) is 3.61. The molecule has 0 unspecified atom stereocenters. The lowest BCUT2D eigenvalue weighted by Crippen LogP contribution is -2.40. The number of amides is 2. The highest BCUT2D eigenvalue weighted by Gasteiger charge is 2.45. The van der Waals surface area contributed by atoms with E-state index in [1.807, 2.05) is 60.7 Å². The largest absolute Gasteiger partial charge is 0.282 e. The van der Waals surface area contributed by atoms with Crippen molar-refractivity contribution in [2.24, 2.45) is 5.92 Å². The van der Waals surface area contributed by atoms with Crippen LogP contribution in [0.4, 0.5) is 5.69 Å². The summed E-state index contributed by atoms with van der Waals surface area (Å²) in [6, 6.07) is 19.4. The Hall–Kier alpha value is -2.66. The van der Waals surface area contributed by atoms with Crippen molar-refractivity contribution in [3.63, 3.8) is 0 Å². The van der Waals surface area contributed by atoms with Crippen LogP contribution in [-0.2, 0) is 14.4 Å². The minimum Gasteiger partial charge on any atom is -0.282 e. The van der Waals surface area contributed by atoms with E-state index in [0.29, 0.717) is 13.0 Å². The Morgan fingerprint density at radius 2 is 1.68 bits per heavy atom. The van der Waals surface area contributed by atoms with Gasteiger partial charge in [-0.3, -0.25) is 19.3 Å². The average molecular weight is 336 g/mol. The number of para-hydroxylation sites is 1. The van der Waals surface area contributed by atoms with Gasteiger partial charge in [0.25, 0.3) is 0 Å². The van der Waals surface area contributed by atoms with Crippen molar-refractivity contribution in [2.75, 3.05) is 18.2 Å². The zero-order chi connectivity index (χ0) is 17.2. The zero-order valence-electron chi connectivity index (χ0n) is 13.9. The van der Waals surface area contributed by atoms with Gasteiger partial charge in [0.1, 0.15) is 0 Å². The summed E-state index contributed by atoms with van der Waals surface area (Å²) in [7, 11) is 0. The molecule has 5 nitrogen and oxygen atoms in total. The Balaban J connectivity index is 1.69. The lowest BCUT2D eigenvalue weighted by Gasteiger charge is -2.28. The average Bonchev–Trinajstić information content (AvgIpc) is 3.29. The molecule has 0 aromatic heterocycles. The number of rotatable bonds is 3. The predicted octanol–water partition coefficient (Wildman–Crippen LogP) is 2.94. The van der Waals surface area contributed by atoms with Gasteiger partial charge in [0.15, 0.2) is 0 Å². The molecular formula is C20H20N2O3. The van der Waals surface area contributed by atoms with E-state index in [1.165, 1.54) is 4.90 Å². The van der Waals surface area contributed by atoms with Gasteiger partial charge in [-0.1, -0.05) is 48.5 Å². The Kier molecular flexibility index (Phi) is 4.24. The third kappa shape index (κ3) is 2.91. The molecule has 25 heavy (non-hydrogen) atoms. The van der Waals surface area contributed by atoms with Crippen molar-refractivity contribution in [1.82, 2.24) is 4.90 Å². The van der Waals surface area contributed by atoms with Gasteiger partial charge in [-0.15, -0.1) is 0 Å². The molecule has 5 heteroatoms. The predicted molar refractivity (Wildman–Crippen MR) is 93.5 cm³/mol. The number of carbonyl (C=O) groups is 2. The Morgan fingerprint density at radius 1 is 1.00 bits per heavy atom. The first kappa shape index (κ1) is 15.8. The van der Waals surface area contributed by atoms with Gasteiger partial charge in [-0.05, 0) is 24.1 Å². The number of likely N-dealkylation sites (tertiary alicyclic amines) is 1. The van der Waals surface area contributed by atoms with Gasteiger partial charge in [-0.2, -0.15) is 0 Å². The Bertz CT molecular complexity index is 763. The zero-order valence-corrected chi connectivity index (χ0v) is 13.9. The number of hydroxylamine groups is 1. The highest BCUT2D eigenvalue weighted by atomic mass is 16.7. The quantitative estimate of drug-likeness (QED) is 0.809. The fraction of sp³-hybridized carbons (Fsp3) is 0.300. The Morgan fingerprint density at radius 3 is 2.32 bits per heavy atom. The van der Waals surface area contributed by atoms with Crippen LogP contribution in [0.15, 0.2) is 60.7 Å². The maximum absolute atomic E-state index is 13.0. The minimum absolute atomic E-state index is 0.0741. The summed E-state index contributed by atoms with van der Waals surface area (Å²) in [5.41, 5.74) is 1.91. The van der Waals surface area contributed by atoms with Crippen molar-refractivity contribution < 1.29 is 14.4 Å². The molecule has 0 bridgehead atoms. The first-order chi connectivity index (χ1) is 12.3. The van der Waals surface area contributed by atoms with Crippen LogP contribution in [0.5, 0.6) is 0 Å². The summed E-state index contributed by atoms with van der Waals surface area (Å²) in [6.07, 6.45) is 1.20. The molecule has 2 aromatic carbocycles. The molecule has 2 fully saturated rings. The van der Waals surface area contributed by atoms with Crippen LogP contribution < -0.4 is 5.06 Å². The number of carbonyl (C=O) groups excluding carboxylic acids is 2. The molecule has 2 amide bonds. The number of imide groups is 1. The molecule has 2 aliphatic rings. The molecule has 0 saturated carbocycles. The second-order valence-corrected chi connectivity index (χ2v) is 6.41. The van der Waals surface area contributed by atoms with Crippen LogP contribution >= 0.6 is 0 Å². The number of hydrogen-bond donors (Lipinski definition) is 0. The van der Waals surface area contributed by atoms with E-state index in [-0.39, 0.29) is 24.5 Å². The van der Waals surface area contributed by atoms with Crippen LogP contribution in [-0.4, -0.2) is 29.9 Å². The molecule has 128 valence electrons. The van der Waals surface area contributed by atoms with Gasteiger partial charge in [-0.25, -0.2) is 5.06 Å². The van der Waals surface area contributed by atoms with Crippen LogP contribution in [0.3, 0.4) is 0 Å². The Labute approximate surface area is 146 Å². The van der Waals surface area contributed by atoms with Crippen LogP contribution in [0.1, 0.15) is 24.4 Å². The van der Waals surface area contributed by atoms with Crippen molar-refractivity contribution in [3.05, 3.63) is 66.2 Å². The summed E-state index contributed by atoms with van der Waals surface area (Å²) in [4.78, 5) is 32.3. The molecule has 0 spiro atoms. The topological polar surface area (TPSA) is 49.9 Å². The van der Waals surface area contributed by atoms with Crippen molar-refractivity contribution in [2.45, 2.75) is 18.9 Å². The lowest BCUT2D eigenvalue weighted by molar-refractivity contribution is -0.144. The van der Waals surface area contributed by atoms with Crippen LogP contribution in [0, 0.1) is 5.92 Å². The first-order valence-corrected chi connectivity index (χ1v) is 8.62. The highest BCUT2D eigenvalue weighted by molar-refractivity contribution is 5.98. The fourth-order valence-corrected chi connectivity index (χ4v) is 3.61. The number of hydrogen-bond acceptors (Lipinski definition) is 4. The van der Waals surface area contributed by atoms with E-state index in [0.717, 1.165) is 17.7 Å².